The molecule has 90 valence electrons. The van der Waals surface area contributed by atoms with E-state index in [0.29, 0.717) is 13.0 Å². The lowest BCUT2D eigenvalue weighted by atomic mass is 10.2. The highest BCUT2D eigenvalue weighted by molar-refractivity contribution is 5.87. The molecule has 0 radical (unpaired) electrons. The van der Waals surface area contributed by atoms with Crippen molar-refractivity contribution in [3.8, 4) is 0 Å². The van der Waals surface area contributed by atoms with E-state index in [1.807, 2.05) is 5.32 Å². The third kappa shape index (κ3) is 2.85. The number of hydrogen-bond donors (Lipinski definition) is 2. The average molecular weight is 230 g/mol. The van der Waals surface area contributed by atoms with Gasteiger partial charge in [-0.2, -0.15) is 0 Å². The number of ether oxygens (including phenoxy) is 1. The zero-order valence-electron chi connectivity index (χ0n) is 8.93. The van der Waals surface area contributed by atoms with Gasteiger partial charge in [-0.3, -0.25) is 4.79 Å². The molecular weight excluding hydrogens is 216 g/mol. The van der Waals surface area contributed by atoms with Gasteiger partial charge in [-0.25, -0.2) is 9.59 Å². The van der Waals surface area contributed by atoms with E-state index in [1.165, 1.54) is 12.0 Å². The molecule has 2 N–H and O–H groups in total. The summed E-state index contributed by atoms with van der Waals surface area (Å²) in [4.78, 5) is 34.5. The second kappa shape index (κ2) is 5.34. The van der Waals surface area contributed by atoms with Crippen molar-refractivity contribution in [2.75, 3.05) is 20.2 Å². The highest BCUT2D eigenvalue weighted by Crippen LogP contribution is 2.18. The molecule has 1 aliphatic rings. The number of carboxylic acid groups (broad SMARTS) is 1. The summed E-state index contributed by atoms with van der Waals surface area (Å²) in [6.07, 6.45) is 0.0199. The van der Waals surface area contributed by atoms with Gasteiger partial charge in [-0.1, -0.05) is 0 Å². The van der Waals surface area contributed by atoms with Crippen molar-refractivity contribution in [2.45, 2.75) is 18.9 Å². The van der Waals surface area contributed by atoms with Gasteiger partial charge in [0.05, 0.1) is 7.11 Å². The van der Waals surface area contributed by atoms with Crippen molar-refractivity contribution in [1.82, 2.24) is 10.2 Å². The number of amides is 2. The van der Waals surface area contributed by atoms with Gasteiger partial charge >= 0.3 is 12.1 Å². The van der Waals surface area contributed by atoms with Crippen molar-refractivity contribution < 1.29 is 24.2 Å². The molecule has 1 fully saturated rings. The number of rotatable bonds is 3. The van der Waals surface area contributed by atoms with Crippen LogP contribution in [0.5, 0.6) is 0 Å². The summed E-state index contributed by atoms with van der Waals surface area (Å²) in [5.74, 6) is -0.864. The van der Waals surface area contributed by atoms with E-state index in [2.05, 4.69) is 4.74 Å². The van der Waals surface area contributed by atoms with E-state index >= 15 is 0 Å². The zero-order chi connectivity index (χ0) is 12.1. The quantitative estimate of drug-likeness (QED) is 0.632. The topological polar surface area (TPSA) is 95.9 Å². The Bertz CT molecular complexity index is 304. The molecule has 1 aliphatic heterocycles. The first-order valence-electron chi connectivity index (χ1n) is 4.90. The van der Waals surface area contributed by atoms with Gasteiger partial charge in [0.15, 0.2) is 0 Å². The second-order valence-electron chi connectivity index (χ2n) is 3.43. The summed E-state index contributed by atoms with van der Waals surface area (Å²) in [5.41, 5.74) is 0. The van der Waals surface area contributed by atoms with Crippen LogP contribution in [0.4, 0.5) is 4.79 Å². The Morgan fingerprint density at radius 3 is 2.75 bits per heavy atom. The van der Waals surface area contributed by atoms with Crippen LogP contribution in [0.3, 0.4) is 0 Å². The molecule has 0 saturated carbocycles. The average Bonchev–Trinajstić information content (AvgIpc) is 2.73. The van der Waals surface area contributed by atoms with Crippen LogP contribution in [0.15, 0.2) is 0 Å². The molecule has 1 saturated heterocycles. The Hall–Kier alpha value is -1.79. The maximum absolute atomic E-state index is 11.6. The maximum Gasteiger partial charge on any atom is 0.405 e. The van der Waals surface area contributed by atoms with E-state index in [0.717, 1.165) is 6.42 Å². The third-order valence-corrected chi connectivity index (χ3v) is 2.44. The SMILES string of the molecule is COC(=O)C1CCCN1C(=O)CNC(=O)O. The number of likely N-dealkylation sites (tertiary alicyclic amines) is 1. The van der Waals surface area contributed by atoms with Crippen LogP contribution in [-0.4, -0.2) is 54.2 Å². The first-order chi connectivity index (χ1) is 7.56. The molecule has 0 aromatic carbocycles. The Morgan fingerprint density at radius 1 is 1.50 bits per heavy atom. The highest BCUT2D eigenvalue weighted by atomic mass is 16.5. The van der Waals surface area contributed by atoms with Crippen molar-refractivity contribution >= 4 is 18.0 Å². The van der Waals surface area contributed by atoms with Gasteiger partial charge in [0, 0.05) is 6.54 Å². The number of carbonyl (C=O) groups is 3. The van der Waals surface area contributed by atoms with Gasteiger partial charge < -0.3 is 20.1 Å². The van der Waals surface area contributed by atoms with Gasteiger partial charge in [-0.15, -0.1) is 0 Å². The minimum absolute atomic E-state index is 0.317. The fourth-order valence-corrected chi connectivity index (χ4v) is 1.70. The number of methoxy groups -OCH3 is 1. The van der Waals surface area contributed by atoms with Crippen molar-refractivity contribution in [2.24, 2.45) is 0 Å². The second-order valence-corrected chi connectivity index (χ2v) is 3.43. The van der Waals surface area contributed by atoms with Crippen LogP contribution in [0.1, 0.15) is 12.8 Å². The number of esters is 1. The molecule has 2 amide bonds. The number of carbonyl (C=O) groups excluding carboxylic acids is 2. The Kier molecular flexibility index (Phi) is 4.10. The van der Waals surface area contributed by atoms with Crippen molar-refractivity contribution in [3.63, 3.8) is 0 Å². The normalized spacial score (nSPS) is 19.3. The molecular formula is C9H14N2O5. The van der Waals surface area contributed by atoms with Crippen LogP contribution in [0, 0.1) is 0 Å². The fraction of sp³-hybridized carbons (Fsp3) is 0.667. The molecule has 1 heterocycles. The summed E-state index contributed by atoms with van der Waals surface area (Å²) in [5, 5.41) is 10.3. The van der Waals surface area contributed by atoms with E-state index in [4.69, 9.17) is 5.11 Å². The number of nitrogens with one attached hydrogen (secondary N) is 1. The van der Waals surface area contributed by atoms with Crippen LogP contribution in [-0.2, 0) is 14.3 Å². The predicted molar refractivity (Wildman–Crippen MR) is 52.8 cm³/mol. The van der Waals surface area contributed by atoms with Gasteiger partial charge in [0.25, 0.3) is 0 Å². The van der Waals surface area contributed by atoms with Crippen LogP contribution in [0.25, 0.3) is 0 Å². The Balaban J connectivity index is 2.54. The van der Waals surface area contributed by atoms with Crippen molar-refractivity contribution in [1.29, 1.82) is 0 Å². The van der Waals surface area contributed by atoms with Crippen molar-refractivity contribution in [3.05, 3.63) is 0 Å². The molecule has 16 heavy (non-hydrogen) atoms. The summed E-state index contributed by atoms with van der Waals surface area (Å²) >= 11 is 0. The molecule has 7 heteroatoms. The smallest absolute Gasteiger partial charge is 0.405 e. The number of nitrogens with zero attached hydrogens (tertiary/aromatic N) is 1. The first-order valence-corrected chi connectivity index (χ1v) is 4.90. The largest absolute Gasteiger partial charge is 0.467 e. The summed E-state index contributed by atoms with van der Waals surface area (Å²) in [7, 11) is 1.26. The Labute approximate surface area is 92.4 Å². The van der Waals surface area contributed by atoms with Gasteiger partial charge in [-0.05, 0) is 12.8 Å². The molecule has 0 aliphatic carbocycles. The van der Waals surface area contributed by atoms with E-state index in [9.17, 15) is 14.4 Å². The molecule has 1 rings (SSSR count). The lowest BCUT2D eigenvalue weighted by molar-refractivity contribution is -0.150. The minimum atomic E-state index is -1.26. The predicted octanol–water partition coefficient (Wildman–Crippen LogP) is -0.582. The summed E-state index contributed by atoms with van der Waals surface area (Å²) in [6.45, 7) is 0.142. The molecule has 7 nitrogen and oxygen atoms in total. The van der Waals surface area contributed by atoms with Crippen LogP contribution < -0.4 is 5.32 Å². The lowest BCUT2D eigenvalue weighted by Crippen LogP contribution is -2.45. The van der Waals surface area contributed by atoms with Gasteiger partial charge in [0.2, 0.25) is 5.91 Å². The molecule has 0 aromatic rings. The Morgan fingerprint density at radius 2 is 2.19 bits per heavy atom. The monoisotopic (exact) mass is 230 g/mol. The molecule has 0 aromatic heterocycles. The van der Waals surface area contributed by atoms with Crippen LogP contribution >= 0.6 is 0 Å². The van der Waals surface area contributed by atoms with Gasteiger partial charge in [0.1, 0.15) is 12.6 Å². The summed E-state index contributed by atoms with van der Waals surface area (Å²) < 4.78 is 4.57. The van der Waals surface area contributed by atoms with E-state index < -0.39 is 24.0 Å². The fourth-order valence-electron chi connectivity index (χ4n) is 1.70. The van der Waals surface area contributed by atoms with E-state index in [1.54, 1.807) is 0 Å². The zero-order valence-corrected chi connectivity index (χ0v) is 8.93. The molecule has 0 bridgehead atoms. The standard InChI is InChI=1S/C9H14N2O5/c1-16-8(13)6-3-2-4-11(6)7(12)5-10-9(14)15/h6,10H,2-5H2,1H3,(H,14,15). The first kappa shape index (κ1) is 12.3. The van der Waals surface area contributed by atoms with Crippen LogP contribution in [0.2, 0.25) is 0 Å². The lowest BCUT2D eigenvalue weighted by Gasteiger charge is -2.22. The maximum atomic E-state index is 11.6. The minimum Gasteiger partial charge on any atom is -0.467 e. The van der Waals surface area contributed by atoms with E-state index in [-0.39, 0.29) is 6.54 Å². The molecule has 1 atom stereocenters. The highest BCUT2D eigenvalue weighted by Gasteiger charge is 2.34. The number of hydrogen-bond acceptors (Lipinski definition) is 4. The third-order valence-electron chi connectivity index (χ3n) is 2.44. The molecule has 1 unspecified atom stereocenters. The summed E-state index contributed by atoms with van der Waals surface area (Å²) in [6, 6.07) is -0.576. The molecule has 0 spiro atoms.